The Morgan fingerprint density at radius 3 is 2.06 bits per heavy atom. The highest BCUT2D eigenvalue weighted by molar-refractivity contribution is 5.28. The molecule has 0 saturated carbocycles. The number of methoxy groups -OCH3 is 1. The zero-order chi connectivity index (χ0) is 22.9. The van der Waals surface area contributed by atoms with Crippen molar-refractivity contribution in [3.8, 4) is 11.5 Å². The number of halogens is 1. The van der Waals surface area contributed by atoms with Gasteiger partial charge in [0.1, 0.15) is 23.4 Å². The molecule has 3 aromatic rings. The number of aryl methyl sites for hydroxylation is 1. The van der Waals surface area contributed by atoms with E-state index in [-0.39, 0.29) is 23.9 Å². The van der Waals surface area contributed by atoms with Crippen LogP contribution in [0.3, 0.4) is 0 Å². The van der Waals surface area contributed by atoms with Crippen LogP contribution in [0.15, 0.2) is 85.5 Å². The highest BCUT2D eigenvalue weighted by Gasteiger charge is 2.28. The average molecular weight is 435 g/mol. The standard InChI is InChI=1S/C28H31FO3/c1-5-28(32-26-14-6-20(2)7-15-26)27(18-22-8-12-24(29)13-9-22)21(3)31-19-23-10-16-25(30-4)17-11-23/h5-17,21,27-28H,1,18-19H2,2-4H3/t21?,27-,28-/m0/s1. The summed E-state index contributed by atoms with van der Waals surface area (Å²) in [5.41, 5.74) is 3.26. The van der Waals surface area contributed by atoms with Gasteiger partial charge in [0.2, 0.25) is 0 Å². The van der Waals surface area contributed by atoms with Crippen molar-refractivity contribution in [2.24, 2.45) is 5.92 Å². The maximum Gasteiger partial charge on any atom is 0.123 e. The molecule has 4 heteroatoms. The third-order valence-corrected chi connectivity index (χ3v) is 5.61. The molecule has 0 amide bonds. The second-order valence-electron chi connectivity index (χ2n) is 7.99. The van der Waals surface area contributed by atoms with Gasteiger partial charge < -0.3 is 14.2 Å². The van der Waals surface area contributed by atoms with E-state index in [1.54, 1.807) is 7.11 Å². The fraction of sp³-hybridized carbons (Fsp3) is 0.286. The smallest absolute Gasteiger partial charge is 0.123 e. The summed E-state index contributed by atoms with van der Waals surface area (Å²) in [7, 11) is 1.65. The zero-order valence-corrected chi connectivity index (χ0v) is 19.0. The largest absolute Gasteiger partial charge is 0.497 e. The highest BCUT2D eigenvalue weighted by atomic mass is 19.1. The predicted octanol–water partition coefficient (Wildman–Crippen LogP) is 6.54. The molecule has 0 aliphatic rings. The Morgan fingerprint density at radius 1 is 0.875 bits per heavy atom. The van der Waals surface area contributed by atoms with E-state index in [1.807, 2.05) is 80.6 Å². The second-order valence-corrected chi connectivity index (χ2v) is 7.99. The van der Waals surface area contributed by atoms with Crippen molar-refractivity contribution in [2.45, 2.75) is 39.1 Å². The molecule has 0 aliphatic heterocycles. The van der Waals surface area contributed by atoms with Crippen molar-refractivity contribution >= 4 is 0 Å². The van der Waals surface area contributed by atoms with Gasteiger partial charge in [0.05, 0.1) is 19.8 Å². The number of ether oxygens (including phenoxy) is 3. The molecule has 0 bridgehead atoms. The number of hydrogen-bond donors (Lipinski definition) is 0. The van der Waals surface area contributed by atoms with Gasteiger partial charge in [0.15, 0.2) is 0 Å². The van der Waals surface area contributed by atoms with Crippen LogP contribution in [-0.2, 0) is 17.8 Å². The maximum absolute atomic E-state index is 13.4. The highest BCUT2D eigenvalue weighted by Crippen LogP contribution is 2.26. The molecular formula is C28H31FO3. The van der Waals surface area contributed by atoms with Gasteiger partial charge in [-0.3, -0.25) is 0 Å². The van der Waals surface area contributed by atoms with Crippen LogP contribution in [0.4, 0.5) is 4.39 Å². The molecular weight excluding hydrogens is 403 g/mol. The van der Waals surface area contributed by atoms with Crippen LogP contribution in [0.1, 0.15) is 23.6 Å². The average Bonchev–Trinajstić information content (AvgIpc) is 2.82. The first-order valence-corrected chi connectivity index (χ1v) is 10.8. The van der Waals surface area contributed by atoms with Gasteiger partial charge >= 0.3 is 0 Å². The SMILES string of the molecule is C=C[C@H](Oc1ccc(C)cc1)[C@@H](Cc1ccc(F)cc1)C(C)OCc1ccc(OC)cc1. The molecule has 0 aromatic heterocycles. The lowest BCUT2D eigenvalue weighted by atomic mass is 9.89. The molecule has 168 valence electrons. The van der Waals surface area contributed by atoms with Crippen molar-refractivity contribution in [3.63, 3.8) is 0 Å². The van der Waals surface area contributed by atoms with Crippen molar-refractivity contribution in [2.75, 3.05) is 7.11 Å². The minimum atomic E-state index is -0.270. The summed E-state index contributed by atoms with van der Waals surface area (Å²) in [6.45, 7) is 8.58. The first-order valence-electron chi connectivity index (χ1n) is 10.8. The van der Waals surface area contributed by atoms with E-state index < -0.39 is 0 Å². The van der Waals surface area contributed by atoms with E-state index in [0.29, 0.717) is 13.0 Å². The molecule has 1 unspecified atom stereocenters. The summed E-state index contributed by atoms with van der Waals surface area (Å²) in [5.74, 6) is 1.34. The van der Waals surface area contributed by atoms with Crippen LogP contribution in [-0.4, -0.2) is 19.3 Å². The van der Waals surface area contributed by atoms with Crippen LogP contribution in [0.2, 0.25) is 0 Å². The van der Waals surface area contributed by atoms with Gasteiger partial charge in [-0.15, -0.1) is 0 Å². The Kier molecular flexibility index (Phi) is 8.46. The topological polar surface area (TPSA) is 27.7 Å². The van der Waals surface area contributed by atoms with Crippen molar-refractivity contribution in [3.05, 3.63) is 108 Å². The first-order chi connectivity index (χ1) is 15.5. The van der Waals surface area contributed by atoms with E-state index in [1.165, 1.54) is 17.7 Å². The van der Waals surface area contributed by atoms with Gasteiger partial charge in [-0.1, -0.05) is 54.6 Å². The fourth-order valence-corrected chi connectivity index (χ4v) is 3.60. The lowest BCUT2D eigenvalue weighted by Crippen LogP contribution is -2.36. The zero-order valence-electron chi connectivity index (χ0n) is 19.0. The maximum atomic E-state index is 13.4. The van der Waals surface area contributed by atoms with Crippen LogP contribution >= 0.6 is 0 Å². The Labute approximate surface area is 190 Å². The van der Waals surface area contributed by atoms with Crippen LogP contribution in [0, 0.1) is 18.7 Å². The predicted molar refractivity (Wildman–Crippen MR) is 127 cm³/mol. The molecule has 3 atom stereocenters. The van der Waals surface area contributed by atoms with Crippen molar-refractivity contribution in [1.82, 2.24) is 0 Å². The lowest BCUT2D eigenvalue weighted by Gasteiger charge is -2.31. The molecule has 0 saturated heterocycles. The van der Waals surface area contributed by atoms with E-state index in [2.05, 4.69) is 6.58 Å². The Morgan fingerprint density at radius 2 is 1.47 bits per heavy atom. The third kappa shape index (κ3) is 6.69. The summed E-state index contributed by atoms with van der Waals surface area (Å²) in [6.07, 6.45) is 2.10. The summed E-state index contributed by atoms with van der Waals surface area (Å²) < 4.78 is 31.2. The molecule has 0 fully saturated rings. The molecule has 0 radical (unpaired) electrons. The summed E-state index contributed by atoms with van der Waals surface area (Å²) in [6, 6.07) is 22.4. The minimum Gasteiger partial charge on any atom is -0.497 e. The van der Waals surface area contributed by atoms with Gasteiger partial charge in [0, 0.05) is 5.92 Å². The summed E-state index contributed by atoms with van der Waals surface area (Å²) in [4.78, 5) is 0. The van der Waals surface area contributed by atoms with Crippen LogP contribution in [0.25, 0.3) is 0 Å². The van der Waals surface area contributed by atoms with E-state index in [4.69, 9.17) is 14.2 Å². The molecule has 0 heterocycles. The van der Waals surface area contributed by atoms with Crippen LogP contribution in [0.5, 0.6) is 11.5 Å². The summed E-state index contributed by atoms with van der Waals surface area (Å²) >= 11 is 0. The Hall–Kier alpha value is -3.11. The second kappa shape index (κ2) is 11.5. The summed E-state index contributed by atoms with van der Waals surface area (Å²) in [5, 5.41) is 0. The minimum absolute atomic E-state index is 0.0162. The first kappa shape index (κ1) is 23.6. The molecule has 32 heavy (non-hydrogen) atoms. The number of hydrogen-bond acceptors (Lipinski definition) is 3. The van der Waals surface area contributed by atoms with Gasteiger partial charge in [-0.2, -0.15) is 0 Å². The quantitative estimate of drug-likeness (QED) is 0.321. The normalized spacial score (nSPS) is 13.8. The monoisotopic (exact) mass is 434 g/mol. The van der Waals surface area contributed by atoms with Gasteiger partial charge in [-0.05, 0) is 67.8 Å². The van der Waals surface area contributed by atoms with E-state index in [0.717, 1.165) is 22.6 Å². The number of benzene rings is 3. The van der Waals surface area contributed by atoms with Gasteiger partial charge in [-0.25, -0.2) is 4.39 Å². The van der Waals surface area contributed by atoms with Crippen LogP contribution < -0.4 is 9.47 Å². The van der Waals surface area contributed by atoms with Crippen molar-refractivity contribution in [1.29, 1.82) is 0 Å². The fourth-order valence-electron chi connectivity index (χ4n) is 3.60. The molecule has 0 spiro atoms. The Bertz CT molecular complexity index is 965. The van der Waals surface area contributed by atoms with Crippen molar-refractivity contribution < 1.29 is 18.6 Å². The molecule has 3 aromatic carbocycles. The number of rotatable bonds is 11. The van der Waals surface area contributed by atoms with E-state index >= 15 is 0 Å². The molecule has 0 aliphatic carbocycles. The lowest BCUT2D eigenvalue weighted by molar-refractivity contribution is -0.0160. The third-order valence-electron chi connectivity index (χ3n) is 5.61. The Balaban J connectivity index is 1.76. The molecule has 0 N–H and O–H groups in total. The van der Waals surface area contributed by atoms with E-state index in [9.17, 15) is 4.39 Å². The van der Waals surface area contributed by atoms with Gasteiger partial charge in [0.25, 0.3) is 0 Å². The molecule has 3 nitrogen and oxygen atoms in total. The molecule has 3 rings (SSSR count).